The second kappa shape index (κ2) is 5.73. The van der Waals surface area contributed by atoms with E-state index in [1.54, 1.807) is 37.4 Å². The number of nitrogens with zero attached hydrogens (tertiary/aromatic N) is 1. The predicted molar refractivity (Wildman–Crippen MR) is 82.3 cm³/mol. The van der Waals surface area contributed by atoms with Gasteiger partial charge in [-0.3, -0.25) is 9.71 Å². The molecule has 0 atom stereocenters. The summed E-state index contributed by atoms with van der Waals surface area (Å²) in [5.41, 5.74) is 2.93. The Balaban J connectivity index is 2.50. The van der Waals surface area contributed by atoms with Gasteiger partial charge in [0.15, 0.2) is 0 Å². The van der Waals surface area contributed by atoms with Crippen LogP contribution in [-0.2, 0) is 10.0 Å². The van der Waals surface area contributed by atoms with Gasteiger partial charge in [-0.2, -0.15) is 0 Å². The van der Waals surface area contributed by atoms with Crippen LogP contribution in [0.25, 0.3) is 0 Å². The van der Waals surface area contributed by atoms with Crippen LogP contribution in [0.15, 0.2) is 35.4 Å². The van der Waals surface area contributed by atoms with Gasteiger partial charge in [-0.15, -0.1) is 0 Å². The van der Waals surface area contributed by atoms with E-state index < -0.39 is 10.0 Å². The number of pyridine rings is 1. The first kappa shape index (κ1) is 15.3. The molecule has 1 aromatic carbocycles. The Morgan fingerprint density at radius 3 is 2.43 bits per heavy atom. The summed E-state index contributed by atoms with van der Waals surface area (Å²) in [6, 6.07) is 6.69. The third kappa shape index (κ3) is 3.16. The van der Waals surface area contributed by atoms with Crippen molar-refractivity contribution in [2.24, 2.45) is 0 Å². The van der Waals surface area contributed by atoms with E-state index in [4.69, 9.17) is 4.74 Å². The predicted octanol–water partition coefficient (Wildman–Crippen LogP) is 2.82. The largest absolute Gasteiger partial charge is 0.495 e. The minimum absolute atomic E-state index is 0.122. The number of sulfonamides is 1. The third-order valence-electron chi connectivity index (χ3n) is 3.32. The molecule has 2 aromatic rings. The molecule has 0 spiro atoms. The highest BCUT2D eigenvalue weighted by Crippen LogP contribution is 2.29. The Morgan fingerprint density at radius 2 is 1.81 bits per heavy atom. The van der Waals surface area contributed by atoms with Crippen LogP contribution in [0, 0.1) is 20.8 Å². The van der Waals surface area contributed by atoms with Crippen LogP contribution in [0.1, 0.15) is 16.8 Å². The Morgan fingerprint density at radius 1 is 1.14 bits per heavy atom. The third-order valence-corrected chi connectivity index (χ3v) is 4.71. The number of hydrogen-bond donors (Lipinski definition) is 1. The first-order valence-corrected chi connectivity index (χ1v) is 7.93. The van der Waals surface area contributed by atoms with Gasteiger partial charge in [0.05, 0.1) is 18.5 Å². The van der Waals surface area contributed by atoms with E-state index >= 15 is 0 Å². The van der Waals surface area contributed by atoms with E-state index in [9.17, 15) is 8.42 Å². The second-order valence-corrected chi connectivity index (χ2v) is 6.48. The fraction of sp³-hybridized carbons (Fsp3) is 0.267. The summed E-state index contributed by atoms with van der Waals surface area (Å²) in [7, 11) is -2.28. The molecule has 0 aliphatic rings. The highest BCUT2D eigenvalue weighted by Gasteiger charge is 2.21. The van der Waals surface area contributed by atoms with Crippen molar-refractivity contribution in [2.75, 3.05) is 11.8 Å². The van der Waals surface area contributed by atoms with Crippen molar-refractivity contribution in [3.05, 3.63) is 47.3 Å². The average molecular weight is 306 g/mol. The van der Waals surface area contributed by atoms with E-state index in [2.05, 4.69) is 9.71 Å². The Kier molecular flexibility index (Phi) is 4.18. The van der Waals surface area contributed by atoms with E-state index in [1.807, 2.05) is 13.8 Å². The maximum atomic E-state index is 12.6. The lowest BCUT2D eigenvalue weighted by Gasteiger charge is -2.14. The van der Waals surface area contributed by atoms with E-state index in [0.29, 0.717) is 17.1 Å². The first-order valence-electron chi connectivity index (χ1n) is 6.45. The zero-order valence-electron chi connectivity index (χ0n) is 12.5. The van der Waals surface area contributed by atoms with Crippen LogP contribution in [0.3, 0.4) is 0 Å². The summed E-state index contributed by atoms with van der Waals surface area (Å²) in [5.74, 6) is 0.326. The van der Waals surface area contributed by atoms with Crippen LogP contribution in [0.2, 0.25) is 0 Å². The maximum Gasteiger partial charge on any atom is 0.265 e. The summed E-state index contributed by atoms with van der Waals surface area (Å²) in [4.78, 5) is 4.19. The highest BCUT2D eigenvalue weighted by molar-refractivity contribution is 7.92. The maximum absolute atomic E-state index is 12.6. The second-order valence-electron chi connectivity index (χ2n) is 4.83. The topological polar surface area (TPSA) is 68.3 Å². The SMILES string of the molecule is COc1cc(C)c(C)cc1S(=O)(=O)Nc1cccnc1C. The number of nitrogens with one attached hydrogen (secondary N) is 1. The standard InChI is InChI=1S/C15H18N2O3S/c1-10-8-14(20-4)15(9-11(10)2)21(18,19)17-13-6-5-7-16-12(13)3/h5-9,17H,1-4H3. The van der Waals surface area contributed by atoms with Crippen molar-refractivity contribution in [3.63, 3.8) is 0 Å². The van der Waals surface area contributed by atoms with Crippen molar-refractivity contribution in [1.29, 1.82) is 0 Å². The van der Waals surface area contributed by atoms with Crippen LogP contribution in [0.5, 0.6) is 5.75 Å². The van der Waals surface area contributed by atoms with Crippen molar-refractivity contribution in [3.8, 4) is 5.75 Å². The van der Waals surface area contributed by atoms with Crippen LogP contribution in [-0.4, -0.2) is 20.5 Å². The summed E-state index contributed by atoms with van der Waals surface area (Å²) in [6.45, 7) is 5.52. The van der Waals surface area contributed by atoms with E-state index in [1.165, 1.54) is 7.11 Å². The average Bonchev–Trinajstić information content (AvgIpc) is 2.43. The molecular formula is C15H18N2O3S. The molecule has 2 rings (SSSR count). The van der Waals surface area contributed by atoms with Gasteiger partial charge in [-0.1, -0.05) is 0 Å². The monoisotopic (exact) mass is 306 g/mol. The van der Waals surface area contributed by atoms with Crippen LogP contribution < -0.4 is 9.46 Å². The highest BCUT2D eigenvalue weighted by atomic mass is 32.2. The molecule has 0 saturated heterocycles. The Bertz CT molecular complexity index is 770. The van der Waals surface area contributed by atoms with Gasteiger partial charge >= 0.3 is 0 Å². The number of hydrogen-bond acceptors (Lipinski definition) is 4. The van der Waals surface area contributed by atoms with Crippen molar-refractivity contribution >= 4 is 15.7 Å². The van der Waals surface area contributed by atoms with Crippen molar-refractivity contribution in [1.82, 2.24) is 4.98 Å². The molecule has 0 aliphatic carbocycles. The molecule has 21 heavy (non-hydrogen) atoms. The van der Waals surface area contributed by atoms with Gasteiger partial charge in [-0.25, -0.2) is 8.42 Å². The normalized spacial score (nSPS) is 11.2. The number of anilines is 1. The lowest BCUT2D eigenvalue weighted by Crippen LogP contribution is -2.15. The molecule has 1 aromatic heterocycles. The molecule has 1 heterocycles. The molecule has 112 valence electrons. The first-order chi connectivity index (χ1) is 9.85. The van der Waals surface area contributed by atoms with Gasteiger partial charge < -0.3 is 4.74 Å². The molecule has 0 fully saturated rings. The quantitative estimate of drug-likeness (QED) is 0.943. The molecule has 0 aliphatic heterocycles. The van der Waals surface area contributed by atoms with Crippen LogP contribution in [0.4, 0.5) is 5.69 Å². The van der Waals surface area contributed by atoms with Gasteiger partial charge in [0.2, 0.25) is 0 Å². The summed E-state index contributed by atoms with van der Waals surface area (Å²) >= 11 is 0. The molecule has 0 bridgehead atoms. The van der Waals surface area contributed by atoms with Gasteiger partial charge in [0.1, 0.15) is 10.6 Å². The lowest BCUT2D eigenvalue weighted by atomic mass is 10.1. The molecule has 0 radical (unpaired) electrons. The molecule has 5 nitrogen and oxygen atoms in total. The number of ether oxygens (including phenoxy) is 1. The minimum atomic E-state index is -3.73. The van der Waals surface area contributed by atoms with Crippen LogP contribution >= 0.6 is 0 Å². The van der Waals surface area contributed by atoms with Crippen molar-refractivity contribution in [2.45, 2.75) is 25.7 Å². The van der Waals surface area contributed by atoms with Crippen molar-refractivity contribution < 1.29 is 13.2 Å². The zero-order valence-corrected chi connectivity index (χ0v) is 13.3. The molecule has 0 saturated carbocycles. The Labute approximate surface area is 125 Å². The number of aromatic nitrogens is 1. The van der Waals surface area contributed by atoms with Gasteiger partial charge in [-0.05, 0) is 56.2 Å². The number of aryl methyl sites for hydroxylation is 3. The van der Waals surface area contributed by atoms with E-state index in [0.717, 1.165) is 11.1 Å². The molecule has 0 amide bonds. The fourth-order valence-corrected chi connectivity index (χ4v) is 3.28. The summed E-state index contributed by atoms with van der Waals surface area (Å²) in [5, 5.41) is 0. The minimum Gasteiger partial charge on any atom is -0.495 e. The summed E-state index contributed by atoms with van der Waals surface area (Å²) in [6.07, 6.45) is 1.61. The van der Waals surface area contributed by atoms with Gasteiger partial charge in [0.25, 0.3) is 10.0 Å². The Hall–Kier alpha value is -2.08. The summed E-state index contributed by atoms with van der Waals surface area (Å²) < 4.78 is 32.9. The molecule has 1 N–H and O–H groups in total. The molecular weight excluding hydrogens is 288 g/mol. The molecule has 0 unspecified atom stereocenters. The lowest BCUT2D eigenvalue weighted by molar-refractivity contribution is 0.402. The number of rotatable bonds is 4. The van der Waals surface area contributed by atoms with E-state index in [-0.39, 0.29) is 4.90 Å². The fourth-order valence-electron chi connectivity index (χ4n) is 1.92. The van der Waals surface area contributed by atoms with Gasteiger partial charge in [0, 0.05) is 6.20 Å². The molecule has 6 heteroatoms. The zero-order chi connectivity index (χ0) is 15.6. The number of methoxy groups -OCH3 is 1. The number of benzene rings is 1. The smallest absolute Gasteiger partial charge is 0.265 e.